The Balaban J connectivity index is 2.99. The third kappa shape index (κ3) is 2.78. The van der Waals surface area contributed by atoms with Gasteiger partial charge in [-0.05, 0) is 25.8 Å². The van der Waals surface area contributed by atoms with Gasteiger partial charge in [-0.15, -0.1) is 10.2 Å². The molecule has 14 heavy (non-hydrogen) atoms. The van der Waals surface area contributed by atoms with E-state index < -0.39 is 0 Å². The molecule has 0 radical (unpaired) electrons. The Morgan fingerprint density at radius 3 is 2.71 bits per heavy atom. The smallest absolute Gasteiger partial charge is 0.199 e. The van der Waals surface area contributed by atoms with Crippen molar-refractivity contribution in [2.75, 3.05) is 0 Å². The number of amidine groups is 2. The average molecular weight is 189 g/mol. The molecule has 0 saturated carbocycles. The molecule has 5 heteroatoms. The van der Waals surface area contributed by atoms with Crippen LogP contribution >= 0.6 is 0 Å². The lowest BCUT2D eigenvalue weighted by Crippen LogP contribution is -2.05. The maximum atomic E-state index is 5.33. The fraction of sp³-hybridized carbons (Fsp3) is 0.111. The number of aliphatic imine (C=N–C) groups is 1. The summed E-state index contributed by atoms with van der Waals surface area (Å²) < 4.78 is 0. The number of nitrogens with two attached hydrogens (primary N) is 1. The molecule has 1 heterocycles. The molecule has 2 N–H and O–H groups in total. The van der Waals surface area contributed by atoms with Crippen molar-refractivity contribution < 1.29 is 0 Å². The van der Waals surface area contributed by atoms with E-state index in [0.717, 1.165) is 0 Å². The summed E-state index contributed by atoms with van der Waals surface area (Å²) >= 11 is 0. The zero-order chi connectivity index (χ0) is 10.4. The van der Waals surface area contributed by atoms with Crippen LogP contribution in [0, 0.1) is 0 Å². The molecule has 0 atom stereocenters. The second-order valence-electron chi connectivity index (χ2n) is 2.54. The monoisotopic (exact) mass is 189 g/mol. The molecule has 1 aromatic rings. The summed E-state index contributed by atoms with van der Waals surface area (Å²) in [6.07, 6.45) is 1.65. The van der Waals surface area contributed by atoms with Gasteiger partial charge in [0.25, 0.3) is 0 Å². The van der Waals surface area contributed by atoms with Crippen molar-refractivity contribution in [3.05, 3.63) is 30.1 Å². The van der Waals surface area contributed by atoms with Gasteiger partial charge in [0, 0.05) is 6.20 Å². The van der Waals surface area contributed by atoms with E-state index in [2.05, 4.69) is 26.9 Å². The minimum Gasteiger partial charge on any atom is -0.386 e. The summed E-state index contributed by atoms with van der Waals surface area (Å²) in [4.78, 5) is 7.76. The van der Waals surface area contributed by atoms with Gasteiger partial charge in [0.15, 0.2) is 5.84 Å². The van der Waals surface area contributed by atoms with Crippen LogP contribution in [-0.4, -0.2) is 23.4 Å². The average Bonchev–Trinajstić information content (AvgIpc) is 2.20. The number of pyridine rings is 1. The molecule has 0 amide bonds. The van der Waals surface area contributed by atoms with E-state index in [4.69, 9.17) is 5.73 Å². The lowest BCUT2D eigenvalue weighted by molar-refractivity contribution is 1.18. The van der Waals surface area contributed by atoms with Crippen LogP contribution in [0.2, 0.25) is 0 Å². The first-order valence-electron chi connectivity index (χ1n) is 4.00. The van der Waals surface area contributed by atoms with Crippen molar-refractivity contribution in [3.63, 3.8) is 0 Å². The Bertz CT molecular complexity index is 362. The summed E-state index contributed by atoms with van der Waals surface area (Å²) in [5, 5.41) is 7.48. The predicted molar refractivity (Wildman–Crippen MR) is 57.6 cm³/mol. The number of rotatable bonds is 2. The Kier molecular flexibility index (Phi) is 3.49. The number of hydrogen-bond acceptors (Lipinski definition) is 3. The van der Waals surface area contributed by atoms with Crippen LogP contribution in [0.4, 0.5) is 0 Å². The Morgan fingerprint density at radius 1 is 1.43 bits per heavy atom. The second-order valence-corrected chi connectivity index (χ2v) is 2.54. The first-order chi connectivity index (χ1) is 6.74. The van der Waals surface area contributed by atoms with Gasteiger partial charge < -0.3 is 5.73 Å². The zero-order valence-corrected chi connectivity index (χ0v) is 7.88. The highest BCUT2D eigenvalue weighted by molar-refractivity contribution is 6.00. The topological polar surface area (TPSA) is 76.0 Å². The first-order valence-corrected chi connectivity index (χ1v) is 4.00. The third-order valence-electron chi connectivity index (χ3n) is 1.35. The normalized spacial score (nSPS) is 12.6. The minimum atomic E-state index is 0.357. The summed E-state index contributed by atoms with van der Waals surface area (Å²) in [6, 6.07) is 5.42. The first kappa shape index (κ1) is 10.0. The molecule has 0 fully saturated rings. The van der Waals surface area contributed by atoms with Crippen LogP contribution in [0.15, 0.2) is 39.6 Å². The van der Waals surface area contributed by atoms with E-state index in [9.17, 15) is 0 Å². The van der Waals surface area contributed by atoms with Gasteiger partial charge in [-0.2, -0.15) is 0 Å². The maximum absolute atomic E-state index is 5.33. The highest BCUT2D eigenvalue weighted by Crippen LogP contribution is 1.98. The molecular formula is C9H11N5. The van der Waals surface area contributed by atoms with Gasteiger partial charge in [0.05, 0.1) is 0 Å². The fourth-order valence-corrected chi connectivity index (χ4v) is 0.785. The summed E-state index contributed by atoms with van der Waals surface area (Å²) in [6.45, 7) is 5.03. The van der Waals surface area contributed by atoms with Crippen molar-refractivity contribution in [1.82, 2.24) is 4.98 Å². The lowest BCUT2D eigenvalue weighted by Gasteiger charge is -1.95. The minimum absolute atomic E-state index is 0.357. The number of aromatic nitrogens is 1. The van der Waals surface area contributed by atoms with E-state index in [1.54, 1.807) is 19.2 Å². The van der Waals surface area contributed by atoms with Gasteiger partial charge in [0.2, 0.25) is 0 Å². The molecule has 0 aromatic carbocycles. The molecule has 0 unspecified atom stereocenters. The Morgan fingerprint density at radius 2 is 2.21 bits per heavy atom. The molecule has 0 aliphatic carbocycles. The van der Waals surface area contributed by atoms with Gasteiger partial charge in [-0.1, -0.05) is 6.07 Å². The third-order valence-corrected chi connectivity index (χ3v) is 1.35. The molecule has 0 saturated heterocycles. The predicted octanol–water partition coefficient (Wildman–Crippen LogP) is 0.821. The van der Waals surface area contributed by atoms with Crippen LogP contribution < -0.4 is 5.73 Å². The molecule has 0 bridgehead atoms. The summed E-state index contributed by atoms with van der Waals surface area (Å²) in [5.74, 6) is 0.720. The van der Waals surface area contributed by atoms with E-state index >= 15 is 0 Å². The summed E-state index contributed by atoms with van der Waals surface area (Å²) in [5.41, 5.74) is 5.95. The quantitative estimate of drug-likeness (QED) is 0.425. The van der Waals surface area contributed by atoms with E-state index in [1.807, 2.05) is 12.1 Å². The van der Waals surface area contributed by atoms with Gasteiger partial charge in [-0.3, -0.25) is 4.98 Å². The van der Waals surface area contributed by atoms with Crippen molar-refractivity contribution in [3.8, 4) is 0 Å². The molecule has 1 rings (SSSR count). The standard InChI is InChI=1S/C9H11N5/c1-7(10)13-14-9(11-2)8-5-3-4-6-12-8/h3-6H,2H2,1H3,(H2,10,13)/b14-9-. The van der Waals surface area contributed by atoms with E-state index in [1.165, 1.54) is 0 Å². The lowest BCUT2D eigenvalue weighted by atomic mass is 10.3. The largest absolute Gasteiger partial charge is 0.386 e. The number of hydrogen-bond donors (Lipinski definition) is 1. The molecule has 72 valence electrons. The molecule has 0 aliphatic heterocycles. The van der Waals surface area contributed by atoms with E-state index in [-0.39, 0.29) is 0 Å². The molecule has 0 spiro atoms. The Hall–Kier alpha value is -2.04. The van der Waals surface area contributed by atoms with Crippen LogP contribution in [0.25, 0.3) is 0 Å². The second kappa shape index (κ2) is 4.86. The highest BCUT2D eigenvalue weighted by Gasteiger charge is 1.99. The molecule has 1 aromatic heterocycles. The van der Waals surface area contributed by atoms with Gasteiger partial charge in [-0.25, -0.2) is 4.99 Å². The molecular weight excluding hydrogens is 178 g/mol. The van der Waals surface area contributed by atoms with Crippen LogP contribution in [-0.2, 0) is 0 Å². The van der Waals surface area contributed by atoms with Crippen molar-refractivity contribution in [1.29, 1.82) is 0 Å². The molecule has 0 aliphatic rings. The Labute approximate surface area is 82.1 Å². The van der Waals surface area contributed by atoms with Gasteiger partial charge >= 0.3 is 0 Å². The van der Waals surface area contributed by atoms with E-state index in [0.29, 0.717) is 17.4 Å². The summed E-state index contributed by atoms with van der Waals surface area (Å²) in [7, 11) is 0. The van der Waals surface area contributed by atoms with Crippen LogP contribution in [0.3, 0.4) is 0 Å². The maximum Gasteiger partial charge on any atom is 0.199 e. The van der Waals surface area contributed by atoms with Crippen molar-refractivity contribution in [2.24, 2.45) is 20.9 Å². The van der Waals surface area contributed by atoms with Crippen molar-refractivity contribution >= 4 is 18.4 Å². The molecule has 5 nitrogen and oxygen atoms in total. The van der Waals surface area contributed by atoms with Gasteiger partial charge in [0.1, 0.15) is 11.5 Å². The highest BCUT2D eigenvalue weighted by atomic mass is 15.3. The number of nitrogens with zero attached hydrogens (tertiary/aromatic N) is 4. The zero-order valence-electron chi connectivity index (χ0n) is 7.88. The fourth-order valence-electron chi connectivity index (χ4n) is 0.785. The van der Waals surface area contributed by atoms with Crippen LogP contribution in [0.1, 0.15) is 12.6 Å². The van der Waals surface area contributed by atoms with Crippen molar-refractivity contribution in [2.45, 2.75) is 6.92 Å². The van der Waals surface area contributed by atoms with Crippen LogP contribution in [0.5, 0.6) is 0 Å². The SMILES string of the molecule is C=N/C(=N\N=C(\C)N)c1ccccn1.